The van der Waals surface area contributed by atoms with Gasteiger partial charge in [-0.25, -0.2) is 0 Å². The summed E-state index contributed by atoms with van der Waals surface area (Å²) in [7, 11) is 1.79. The molecule has 1 unspecified atom stereocenters. The Morgan fingerprint density at radius 2 is 2.00 bits per heavy atom. The van der Waals surface area contributed by atoms with Crippen LogP contribution in [0.5, 0.6) is 0 Å². The third kappa shape index (κ3) is 5.09. The molecule has 1 atom stereocenters. The Hall–Kier alpha value is -2.36. The first kappa shape index (κ1) is 17.0. The van der Waals surface area contributed by atoms with Gasteiger partial charge in [-0.2, -0.15) is 0 Å². The lowest BCUT2D eigenvalue weighted by molar-refractivity contribution is 0.696. The third-order valence-electron chi connectivity index (χ3n) is 3.95. The normalized spacial score (nSPS) is 12.8. The van der Waals surface area contributed by atoms with E-state index in [1.165, 1.54) is 16.7 Å². The largest absolute Gasteiger partial charge is 0.356 e. The van der Waals surface area contributed by atoms with Gasteiger partial charge in [0, 0.05) is 19.8 Å². The van der Waals surface area contributed by atoms with Crippen LogP contribution in [0, 0.1) is 13.8 Å². The van der Waals surface area contributed by atoms with Gasteiger partial charge >= 0.3 is 0 Å². The maximum absolute atomic E-state index is 4.39. The Balaban J connectivity index is 1.87. The Labute approximate surface area is 139 Å². The fraction of sp³-hybridized carbons (Fsp3) is 0.368. The van der Waals surface area contributed by atoms with Crippen molar-refractivity contribution in [1.82, 2.24) is 15.6 Å². The average molecular weight is 310 g/mol. The number of aromatic nitrogens is 1. The van der Waals surface area contributed by atoms with Crippen molar-refractivity contribution in [1.29, 1.82) is 0 Å². The van der Waals surface area contributed by atoms with Gasteiger partial charge in [0.05, 0.1) is 12.2 Å². The van der Waals surface area contributed by atoms with Crippen LogP contribution in [0.3, 0.4) is 0 Å². The molecule has 0 bridgehead atoms. The lowest BCUT2D eigenvalue weighted by atomic mass is 9.99. The Bertz CT molecular complexity index is 664. The summed E-state index contributed by atoms with van der Waals surface area (Å²) in [6.07, 6.45) is 1.82. The summed E-state index contributed by atoms with van der Waals surface area (Å²) in [6, 6.07) is 12.7. The molecule has 0 amide bonds. The molecule has 0 radical (unpaired) electrons. The minimum absolute atomic E-state index is 0.421. The van der Waals surface area contributed by atoms with Crippen LogP contribution in [-0.4, -0.2) is 24.5 Å². The van der Waals surface area contributed by atoms with Crippen LogP contribution in [0.1, 0.15) is 35.2 Å². The number of pyridine rings is 1. The van der Waals surface area contributed by atoms with E-state index in [9.17, 15) is 0 Å². The van der Waals surface area contributed by atoms with E-state index in [1.54, 1.807) is 7.05 Å². The molecule has 0 fully saturated rings. The maximum Gasteiger partial charge on any atom is 0.191 e. The highest BCUT2D eigenvalue weighted by atomic mass is 15.2. The zero-order chi connectivity index (χ0) is 16.7. The summed E-state index contributed by atoms with van der Waals surface area (Å²) in [5, 5.41) is 6.71. The summed E-state index contributed by atoms with van der Waals surface area (Å²) in [5.74, 6) is 1.22. The number of nitrogens with zero attached hydrogens (tertiary/aromatic N) is 2. The first-order valence-electron chi connectivity index (χ1n) is 8.01. The number of aliphatic imine (C=N–C) groups is 1. The van der Waals surface area contributed by atoms with Gasteiger partial charge in [-0.15, -0.1) is 0 Å². The van der Waals surface area contributed by atoms with Gasteiger partial charge < -0.3 is 10.6 Å². The summed E-state index contributed by atoms with van der Waals surface area (Å²) in [6.45, 7) is 7.92. The second-order valence-electron chi connectivity index (χ2n) is 5.89. The molecule has 0 spiro atoms. The van der Waals surface area contributed by atoms with Crippen LogP contribution in [0.25, 0.3) is 0 Å². The average Bonchev–Trinajstić information content (AvgIpc) is 2.56. The van der Waals surface area contributed by atoms with Crippen molar-refractivity contribution in [2.45, 2.75) is 33.2 Å². The molecule has 2 N–H and O–H groups in total. The molecule has 2 aromatic rings. The van der Waals surface area contributed by atoms with Crippen LogP contribution in [0.4, 0.5) is 0 Å². The van der Waals surface area contributed by atoms with Crippen LogP contribution in [0.2, 0.25) is 0 Å². The standard InChI is InChI=1S/C19H26N4/c1-14-7-5-9-17(11-14)16(3)12-22-19(20-4)23-13-18-15(2)8-6-10-21-18/h5-11,16H,12-13H2,1-4H3,(H2,20,22,23). The molecule has 1 aromatic heterocycles. The Kier molecular flexibility index (Phi) is 6.15. The SMILES string of the molecule is CN=C(NCc1ncccc1C)NCC(C)c1cccc(C)c1. The van der Waals surface area contributed by atoms with Crippen LogP contribution >= 0.6 is 0 Å². The molecular formula is C19H26N4. The third-order valence-corrected chi connectivity index (χ3v) is 3.95. The van der Waals surface area contributed by atoms with Crippen molar-refractivity contribution >= 4 is 5.96 Å². The fourth-order valence-electron chi connectivity index (χ4n) is 2.44. The zero-order valence-corrected chi connectivity index (χ0v) is 14.4. The highest BCUT2D eigenvalue weighted by Crippen LogP contribution is 2.15. The molecular weight excluding hydrogens is 284 g/mol. The molecule has 0 aliphatic carbocycles. The molecule has 1 aromatic carbocycles. The zero-order valence-electron chi connectivity index (χ0n) is 14.4. The van der Waals surface area contributed by atoms with Gasteiger partial charge in [0.15, 0.2) is 5.96 Å². The smallest absolute Gasteiger partial charge is 0.191 e. The van der Waals surface area contributed by atoms with Crippen molar-refractivity contribution < 1.29 is 0 Å². The lowest BCUT2D eigenvalue weighted by Gasteiger charge is -2.17. The summed E-state index contributed by atoms with van der Waals surface area (Å²) in [5.41, 5.74) is 4.86. The predicted octanol–water partition coefficient (Wildman–Crippen LogP) is 3.17. The number of guanidine groups is 1. The highest BCUT2D eigenvalue weighted by molar-refractivity contribution is 5.79. The van der Waals surface area contributed by atoms with Gasteiger partial charge in [0.25, 0.3) is 0 Å². The molecule has 4 heteroatoms. The summed E-state index contributed by atoms with van der Waals surface area (Å²) < 4.78 is 0. The van der Waals surface area contributed by atoms with Gasteiger partial charge in [0.1, 0.15) is 0 Å². The molecule has 2 rings (SSSR count). The topological polar surface area (TPSA) is 49.3 Å². The second kappa shape index (κ2) is 8.32. The van der Waals surface area contributed by atoms with E-state index in [4.69, 9.17) is 0 Å². The molecule has 0 saturated carbocycles. The molecule has 1 heterocycles. The van der Waals surface area contributed by atoms with Crippen molar-refractivity contribution in [2.24, 2.45) is 4.99 Å². The predicted molar refractivity (Wildman–Crippen MR) is 96.8 cm³/mol. The molecule has 0 aliphatic heterocycles. The minimum atomic E-state index is 0.421. The first-order valence-corrected chi connectivity index (χ1v) is 8.01. The van der Waals surface area contributed by atoms with Crippen LogP contribution in [-0.2, 0) is 6.54 Å². The van der Waals surface area contributed by atoms with Crippen molar-refractivity contribution in [3.63, 3.8) is 0 Å². The van der Waals surface area contributed by atoms with Gasteiger partial charge in [-0.05, 0) is 37.0 Å². The van der Waals surface area contributed by atoms with E-state index in [0.29, 0.717) is 12.5 Å². The Morgan fingerprint density at radius 1 is 1.17 bits per heavy atom. The molecule has 23 heavy (non-hydrogen) atoms. The van der Waals surface area contributed by atoms with Crippen molar-refractivity contribution in [2.75, 3.05) is 13.6 Å². The Morgan fingerprint density at radius 3 is 2.70 bits per heavy atom. The van der Waals surface area contributed by atoms with E-state index in [1.807, 2.05) is 12.3 Å². The van der Waals surface area contributed by atoms with E-state index >= 15 is 0 Å². The maximum atomic E-state index is 4.39. The molecule has 0 aliphatic rings. The molecule has 122 valence electrons. The van der Waals surface area contributed by atoms with Crippen molar-refractivity contribution in [3.8, 4) is 0 Å². The number of hydrogen-bond donors (Lipinski definition) is 2. The molecule has 0 saturated heterocycles. The van der Waals surface area contributed by atoms with Crippen LogP contribution in [0.15, 0.2) is 47.6 Å². The van der Waals surface area contributed by atoms with Gasteiger partial charge in [0.2, 0.25) is 0 Å². The lowest BCUT2D eigenvalue weighted by Crippen LogP contribution is -2.38. The van der Waals surface area contributed by atoms with E-state index in [2.05, 4.69) is 71.7 Å². The van der Waals surface area contributed by atoms with E-state index < -0.39 is 0 Å². The minimum Gasteiger partial charge on any atom is -0.356 e. The second-order valence-corrected chi connectivity index (χ2v) is 5.89. The van der Waals surface area contributed by atoms with Gasteiger partial charge in [-0.1, -0.05) is 42.8 Å². The van der Waals surface area contributed by atoms with Crippen molar-refractivity contribution in [3.05, 3.63) is 65.0 Å². The number of nitrogens with one attached hydrogen (secondary N) is 2. The summed E-state index contributed by atoms with van der Waals surface area (Å²) >= 11 is 0. The first-order chi connectivity index (χ1) is 11.1. The number of benzene rings is 1. The monoisotopic (exact) mass is 310 g/mol. The van der Waals surface area contributed by atoms with Gasteiger partial charge in [-0.3, -0.25) is 9.98 Å². The summed E-state index contributed by atoms with van der Waals surface area (Å²) in [4.78, 5) is 8.67. The number of aryl methyl sites for hydroxylation is 2. The molecule has 4 nitrogen and oxygen atoms in total. The fourth-order valence-corrected chi connectivity index (χ4v) is 2.44. The van der Waals surface area contributed by atoms with Crippen LogP contribution < -0.4 is 10.6 Å². The quantitative estimate of drug-likeness (QED) is 0.659. The number of rotatable bonds is 5. The highest BCUT2D eigenvalue weighted by Gasteiger charge is 2.07. The number of hydrogen-bond acceptors (Lipinski definition) is 2. The van der Waals surface area contributed by atoms with E-state index in [-0.39, 0.29) is 0 Å². The van der Waals surface area contributed by atoms with E-state index in [0.717, 1.165) is 18.2 Å².